The molecule has 1 atom stereocenters. The zero-order chi connectivity index (χ0) is 20.3. The molecule has 2 heterocycles. The molecule has 0 saturated carbocycles. The van der Waals surface area contributed by atoms with Crippen LogP contribution in [0.2, 0.25) is 0 Å². The first-order valence-electron chi connectivity index (χ1n) is 10.8. The van der Waals surface area contributed by atoms with Crippen LogP contribution in [0.5, 0.6) is 0 Å². The number of aliphatic imine (C=N–C) groups is 1. The number of benzene rings is 1. The van der Waals surface area contributed by atoms with E-state index in [2.05, 4.69) is 46.8 Å². The highest BCUT2D eigenvalue weighted by Gasteiger charge is 2.19. The van der Waals surface area contributed by atoms with Crippen molar-refractivity contribution < 1.29 is 14.3 Å². The molecule has 0 radical (unpaired) electrons. The normalized spacial score (nSPS) is 19.1. The van der Waals surface area contributed by atoms with Gasteiger partial charge in [-0.15, -0.1) is 24.0 Å². The average molecular weight is 530 g/mol. The van der Waals surface area contributed by atoms with Gasteiger partial charge in [0.1, 0.15) is 0 Å². The van der Waals surface area contributed by atoms with Crippen molar-refractivity contribution in [3.8, 4) is 0 Å². The molecule has 2 aliphatic rings. The fourth-order valence-corrected chi connectivity index (χ4v) is 3.53. The van der Waals surface area contributed by atoms with E-state index in [0.717, 1.165) is 70.2 Å². The van der Waals surface area contributed by atoms with Gasteiger partial charge in [0, 0.05) is 45.8 Å². The number of likely N-dealkylation sites (tertiary alicyclic amines) is 1. The predicted molar refractivity (Wildman–Crippen MR) is 129 cm³/mol. The van der Waals surface area contributed by atoms with Crippen molar-refractivity contribution in [1.29, 1.82) is 0 Å². The summed E-state index contributed by atoms with van der Waals surface area (Å²) in [5.74, 6) is 1.09. The third kappa shape index (κ3) is 8.39. The van der Waals surface area contributed by atoms with Crippen LogP contribution < -0.4 is 10.6 Å². The topological polar surface area (TPSA) is 75.2 Å². The van der Waals surface area contributed by atoms with Crippen LogP contribution in [0, 0.1) is 0 Å². The summed E-state index contributed by atoms with van der Waals surface area (Å²) < 4.78 is 11.1. The minimum absolute atomic E-state index is 0. The Balaban J connectivity index is 0.00000320. The summed E-state index contributed by atoms with van der Waals surface area (Å²) >= 11 is 0. The summed E-state index contributed by atoms with van der Waals surface area (Å²) in [4.78, 5) is 18.4. The summed E-state index contributed by atoms with van der Waals surface area (Å²) in [5.41, 5.74) is 2.33. The Morgan fingerprint density at radius 2 is 2.07 bits per heavy atom. The number of amides is 1. The van der Waals surface area contributed by atoms with Crippen molar-refractivity contribution in [2.24, 2.45) is 4.99 Å². The highest BCUT2D eigenvalue weighted by Crippen LogP contribution is 2.15. The molecule has 0 bridgehead atoms. The summed E-state index contributed by atoms with van der Waals surface area (Å²) in [5, 5.41) is 6.65. The van der Waals surface area contributed by atoms with E-state index in [1.165, 1.54) is 5.56 Å². The van der Waals surface area contributed by atoms with Crippen molar-refractivity contribution in [1.82, 2.24) is 15.5 Å². The Kier molecular flexibility index (Phi) is 11.5. The lowest BCUT2D eigenvalue weighted by Crippen LogP contribution is -2.38. The molecule has 2 fully saturated rings. The van der Waals surface area contributed by atoms with Crippen LogP contribution in [-0.2, 0) is 27.4 Å². The molecule has 8 heteroatoms. The van der Waals surface area contributed by atoms with Gasteiger partial charge < -0.3 is 25.0 Å². The van der Waals surface area contributed by atoms with Crippen LogP contribution in [0.25, 0.3) is 0 Å². The first kappa shape index (κ1) is 24.9. The van der Waals surface area contributed by atoms with Crippen LogP contribution in [-0.4, -0.2) is 62.3 Å². The van der Waals surface area contributed by atoms with Crippen molar-refractivity contribution in [2.45, 2.75) is 51.8 Å². The second-order valence-corrected chi connectivity index (χ2v) is 7.57. The first-order chi connectivity index (χ1) is 14.2. The van der Waals surface area contributed by atoms with Gasteiger partial charge in [0.25, 0.3) is 0 Å². The first-order valence-corrected chi connectivity index (χ1v) is 10.8. The second-order valence-electron chi connectivity index (χ2n) is 7.57. The van der Waals surface area contributed by atoms with E-state index in [1.807, 2.05) is 4.90 Å². The maximum absolute atomic E-state index is 11.8. The molecule has 2 aliphatic heterocycles. The van der Waals surface area contributed by atoms with Gasteiger partial charge in [-0.3, -0.25) is 4.79 Å². The number of hydrogen-bond acceptors (Lipinski definition) is 4. The third-order valence-electron chi connectivity index (χ3n) is 5.19. The molecule has 0 spiro atoms. The zero-order valence-corrected chi connectivity index (χ0v) is 20.2. The minimum atomic E-state index is 0. The lowest BCUT2D eigenvalue weighted by Gasteiger charge is -2.15. The zero-order valence-electron chi connectivity index (χ0n) is 17.9. The van der Waals surface area contributed by atoms with Crippen molar-refractivity contribution in [3.05, 3.63) is 35.4 Å². The van der Waals surface area contributed by atoms with E-state index in [-0.39, 0.29) is 36.0 Å². The Bertz CT molecular complexity index is 663. The molecule has 2 saturated heterocycles. The molecule has 1 aromatic rings. The highest BCUT2D eigenvalue weighted by atomic mass is 127. The van der Waals surface area contributed by atoms with Gasteiger partial charge in [-0.25, -0.2) is 4.99 Å². The molecule has 2 N–H and O–H groups in total. The van der Waals surface area contributed by atoms with Crippen molar-refractivity contribution in [3.63, 3.8) is 0 Å². The molecule has 0 aliphatic carbocycles. The number of nitrogens with one attached hydrogen (secondary N) is 2. The largest absolute Gasteiger partial charge is 0.379 e. The highest BCUT2D eigenvalue weighted by molar-refractivity contribution is 14.0. The molecule has 0 aromatic heterocycles. The number of carbonyl (C=O) groups excluding carboxylic acids is 1. The smallest absolute Gasteiger partial charge is 0.222 e. The van der Waals surface area contributed by atoms with E-state index in [4.69, 9.17) is 9.47 Å². The average Bonchev–Trinajstić information content (AvgIpc) is 3.39. The van der Waals surface area contributed by atoms with Gasteiger partial charge >= 0.3 is 0 Å². The summed E-state index contributed by atoms with van der Waals surface area (Å²) in [7, 11) is 0. The lowest BCUT2D eigenvalue weighted by atomic mass is 10.1. The van der Waals surface area contributed by atoms with Crippen LogP contribution in [0.4, 0.5) is 0 Å². The molecular formula is C22H35IN4O3. The number of halogens is 1. The van der Waals surface area contributed by atoms with Crippen LogP contribution in [0.15, 0.2) is 29.3 Å². The van der Waals surface area contributed by atoms with Gasteiger partial charge in [-0.05, 0) is 37.3 Å². The van der Waals surface area contributed by atoms with Crippen LogP contribution in [0.1, 0.15) is 43.7 Å². The molecule has 1 unspecified atom stereocenters. The Morgan fingerprint density at radius 1 is 1.27 bits per heavy atom. The number of rotatable bonds is 10. The molecule has 30 heavy (non-hydrogen) atoms. The van der Waals surface area contributed by atoms with Gasteiger partial charge in [-0.2, -0.15) is 0 Å². The van der Waals surface area contributed by atoms with E-state index < -0.39 is 0 Å². The maximum Gasteiger partial charge on any atom is 0.222 e. The second kappa shape index (κ2) is 13.8. The summed E-state index contributed by atoms with van der Waals surface area (Å²) in [6.45, 7) is 8.20. The maximum atomic E-state index is 11.8. The number of guanidine groups is 1. The summed E-state index contributed by atoms with van der Waals surface area (Å²) in [6.07, 6.45) is 3.87. The van der Waals surface area contributed by atoms with E-state index in [9.17, 15) is 4.79 Å². The van der Waals surface area contributed by atoms with Crippen molar-refractivity contribution in [2.75, 3.05) is 39.5 Å². The Labute approximate surface area is 197 Å². The molecule has 7 nitrogen and oxygen atoms in total. The van der Waals surface area contributed by atoms with Crippen LogP contribution >= 0.6 is 24.0 Å². The molecular weight excluding hydrogens is 495 g/mol. The van der Waals surface area contributed by atoms with Crippen molar-refractivity contribution >= 4 is 35.8 Å². The quantitative estimate of drug-likeness (QED) is 0.211. The molecule has 3 rings (SSSR count). The Hall–Kier alpha value is -1.39. The van der Waals surface area contributed by atoms with Gasteiger partial charge in [-0.1, -0.05) is 24.3 Å². The number of hydrogen-bond donors (Lipinski definition) is 2. The van der Waals surface area contributed by atoms with E-state index in [0.29, 0.717) is 19.5 Å². The Morgan fingerprint density at radius 3 is 2.73 bits per heavy atom. The van der Waals surface area contributed by atoms with E-state index >= 15 is 0 Å². The number of ether oxygens (including phenoxy) is 2. The van der Waals surface area contributed by atoms with Crippen LogP contribution in [0.3, 0.4) is 0 Å². The SMILES string of the molecule is CCNC(=NCc1ccc(CN2CCCC2=O)cc1)NCCCOC1CCOC1.I. The fourth-order valence-electron chi connectivity index (χ4n) is 3.53. The minimum Gasteiger partial charge on any atom is -0.379 e. The molecule has 168 valence electrons. The summed E-state index contributed by atoms with van der Waals surface area (Å²) in [6, 6.07) is 8.39. The lowest BCUT2D eigenvalue weighted by molar-refractivity contribution is -0.128. The third-order valence-corrected chi connectivity index (χ3v) is 5.19. The molecule has 1 aromatic carbocycles. The van der Waals surface area contributed by atoms with Gasteiger partial charge in [0.05, 0.1) is 19.3 Å². The standard InChI is InChI=1S/C22H34N4O3.HI/c1-2-23-22(24-11-4-13-29-20-10-14-28-17-20)25-15-18-6-8-19(9-7-18)16-26-12-3-5-21(26)27;/h6-9,20H,2-5,10-17H2,1H3,(H2,23,24,25);1H. The van der Waals surface area contributed by atoms with Gasteiger partial charge in [0.15, 0.2) is 5.96 Å². The van der Waals surface area contributed by atoms with Gasteiger partial charge in [0.2, 0.25) is 5.91 Å². The predicted octanol–water partition coefficient (Wildman–Crippen LogP) is 2.68. The molecule has 1 amide bonds. The number of carbonyl (C=O) groups is 1. The monoisotopic (exact) mass is 530 g/mol. The van der Waals surface area contributed by atoms with E-state index in [1.54, 1.807) is 0 Å². The fraction of sp³-hybridized carbons (Fsp3) is 0.636. The number of nitrogens with zero attached hydrogens (tertiary/aromatic N) is 2.